The zero-order valence-corrected chi connectivity index (χ0v) is 8.99. The minimum absolute atomic E-state index is 0.0712. The van der Waals surface area contributed by atoms with Gasteiger partial charge in [0.2, 0.25) is 0 Å². The van der Waals surface area contributed by atoms with Crippen LogP contribution >= 0.6 is 0 Å². The zero-order valence-electron chi connectivity index (χ0n) is 8.99. The van der Waals surface area contributed by atoms with Gasteiger partial charge in [-0.2, -0.15) is 0 Å². The maximum absolute atomic E-state index is 10.8. The molecule has 2 rings (SSSR count). The first-order valence-corrected chi connectivity index (χ1v) is 5.36. The lowest BCUT2D eigenvalue weighted by molar-refractivity contribution is 0.678. The molecule has 0 spiro atoms. The molecule has 0 aliphatic carbocycles. The average Bonchev–Trinajstić information content (AvgIpc) is 2.72. The van der Waals surface area contributed by atoms with Crippen LogP contribution in [0.25, 0.3) is 0 Å². The Hall–Kier alpha value is -1.81. The molecule has 0 saturated carbocycles. The molecular weight excluding hydrogens is 202 g/mol. The van der Waals surface area contributed by atoms with Gasteiger partial charge in [-0.05, 0) is 5.56 Å². The van der Waals surface area contributed by atoms with Crippen molar-refractivity contribution >= 4 is 0 Å². The molecule has 3 N–H and O–H groups in total. The Kier molecular flexibility index (Phi) is 3.56. The Bertz CT molecular complexity index is 472. The molecule has 0 atom stereocenters. The van der Waals surface area contributed by atoms with Crippen LogP contribution in [-0.4, -0.2) is 16.7 Å². The third-order valence-corrected chi connectivity index (χ3v) is 2.39. The van der Waals surface area contributed by atoms with E-state index in [0.29, 0.717) is 0 Å². The van der Waals surface area contributed by atoms with Gasteiger partial charge in [-0.25, -0.2) is 0 Å². The fourth-order valence-electron chi connectivity index (χ4n) is 1.56. The number of hydrogen-bond acceptors (Lipinski definition) is 2. The van der Waals surface area contributed by atoms with Crippen molar-refractivity contribution in [2.24, 2.45) is 0 Å². The van der Waals surface area contributed by atoms with Gasteiger partial charge in [0.1, 0.15) is 0 Å². The van der Waals surface area contributed by atoms with Gasteiger partial charge in [-0.3, -0.25) is 9.89 Å². The minimum atomic E-state index is -0.0712. The second-order valence-corrected chi connectivity index (χ2v) is 3.70. The molecule has 0 aliphatic heterocycles. The quantitative estimate of drug-likeness (QED) is 0.655. The first-order valence-electron chi connectivity index (χ1n) is 5.36. The molecule has 0 unspecified atom stereocenters. The summed E-state index contributed by atoms with van der Waals surface area (Å²) >= 11 is 0. The Morgan fingerprint density at radius 2 is 1.94 bits per heavy atom. The van der Waals surface area contributed by atoms with Crippen LogP contribution in [0.2, 0.25) is 0 Å². The van der Waals surface area contributed by atoms with E-state index in [1.165, 1.54) is 5.56 Å². The van der Waals surface area contributed by atoms with E-state index in [0.717, 1.165) is 25.2 Å². The Morgan fingerprint density at radius 3 is 2.62 bits per heavy atom. The molecule has 0 saturated heterocycles. The van der Waals surface area contributed by atoms with Crippen LogP contribution in [0.4, 0.5) is 0 Å². The number of hydrogen-bond donors (Lipinski definition) is 3. The van der Waals surface area contributed by atoms with Gasteiger partial charge < -0.3 is 10.4 Å². The Balaban J connectivity index is 1.71. The van der Waals surface area contributed by atoms with Crippen LogP contribution in [-0.2, 0) is 13.0 Å². The monoisotopic (exact) mass is 217 g/mol. The molecule has 1 aromatic heterocycles. The van der Waals surface area contributed by atoms with Gasteiger partial charge in [0.15, 0.2) is 0 Å². The summed E-state index contributed by atoms with van der Waals surface area (Å²) in [4.78, 5) is 10.8. The van der Waals surface area contributed by atoms with Crippen molar-refractivity contribution in [3.8, 4) is 0 Å². The smallest absolute Gasteiger partial charge is 0.264 e. The van der Waals surface area contributed by atoms with Gasteiger partial charge in [-0.1, -0.05) is 30.3 Å². The van der Waals surface area contributed by atoms with Gasteiger partial charge in [-0.15, -0.1) is 0 Å². The maximum atomic E-state index is 10.8. The molecule has 2 aromatic rings. The van der Waals surface area contributed by atoms with Gasteiger partial charge in [0, 0.05) is 31.3 Å². The van der Waals surface area contributed by atoms with Crippen LogP contribution in [0.15, 0.2) is 41.2 Å². The molecule has 1 aromatic carbocycles. The summed E-state index contributed by atoms with van der Waals surface area (Å²) in [5.74, 6) is 0. The van der Waals surface area contributed by atoms with Crippen molar-refractivity contribution in [2.75, 3.05) is 6.54 Å². The summed E-state index contributed by atoms with van der Waals surface area (Å²) in [7, 11) is 0. The molecule has 0 amide bonds. The van der Waals surface area contributed by atoms with E-state index in [9.17, 15) is 4.79 Å². The van der Waals surface area contributed by atoms with E-state index in [1.807, 2.05) is 18.2 Å². The number of H-pyrrole nitrogens is 2. The lowest BCUT2D eigenvalue weighted by Crippen LogP contribution is -2.16. The fourth-order valence-corrected chi connectivity index (χ4v) is 1.56. The molecule has 4 heteroatoms. The molecule has 1 heterocycles. The third-order valence-electron chi connectivity index (χ3n) is 2.39. The van der Waals surface area contributed by atoms with Crippen LogP contribution in [0.3, 0.4) is 0 Å². The fraction of sp³-hybridized carbons (Fsp3) is 0.250. The number of nitrogens with one attached hydrogen (secondary N) is 3. The van der Waals surface area contributed by atoms with Crippen molar-refractivity contribution in [1.29, 1.82) is 0 Å². The van der Waals surface area contributed by atoms with Gasteiger partial charge in [0.05, 0.1) is 0 Å². The summed E-state index contributed by atoms with van der Waals surface area (Å²) in [5.41, 5.74) is 2.13. The molecule has 4 nitrogen and oxygen atoms in total. The SMILES string of the molecule is O=c1cc(CCNCc2ccccc2)[nH][nH]1. The molecule has 16 heavy (non-hydrogen) atoms. The second kappa shape index (κ2) is 5.32. The Morgan fingerprint density at radius 1 is 1.12 bits per heavy atom. The second-order valence-electron chi connectivity index (χ2n) is 3.70. The Labute approximate surface area is 93.7 Å². The molecule has 0 aliphatic rings. The first-order chi connectivity index (χ1) is 7.84. The van der Waals surface area contributed by atoms with E-state index < -0.39 is 0 Å². The van der Waals surface area contributed by atoms with Crippen LogP contribution < -0.4 is 10.9 Å². The topological polar surface area (TPSA) is 60.7 Å². The molecule has 84 valence electrons. The predicted octanol–water partition coefficient (Wildman–Crippen LogP) is 1.04. The highest BCUT2D eigenvalue weighted by atomic mass is 16.1. The summed E-state index contributed by atoms with van der Waals surface area (Å²) in [5, 5.41) is 8.67. The summed E-state index contributed by atoms with van der Waals surface area (Å²) in [6.45, 7) is 1.71. The van der Waals surface area contributed by atoms with Crippen LogP contribution in [0.1, 0.15) is 11.3 Å². The lowest BCUT2D eigenvalue weighted by Gasteiger charge is -2.03. The third kappa shape index (κ3) is 3.10. The molecule has 0 bridgehead atoms. The van der Waals surface area contributed by atoms with Gasteiger partial charge >= 0.3 is 0 Å². The van der Waals surface area contributed by atoms with Crippen molar-refractivity contribution in [1.82, 2.24) is 15.5 Å². The number of aromatic nitrogens is 2. The molecular formula is C12H15N3O. The van der Waals surface area contributed by atoms with Crippen LogP contribution in [0, 0.1) is 0 Å². The van der Waals surface area contributed by atoms with Crippen molar-refractivity contribution in [3.63, 3.8) is 0 Å². The molecule has 0 fully saturated rings. The van der Waals surface area contributed by atoms with Crippen LogP contribution in [0.5, 0.6) is 0 Å². The highest BCUT2D eigenvalue weighted by Gasteiger charge is 1.96. The number of rotatable bonds is 5. The minimum Gasteiger partial charge on any atom is -0.312 e. The maximum Gasteiger partial charge on any atom is 0.264 e. The number of aromatic amines is 2. The lowest BCUT2D eigenvalue weighted by atomic mass is 10.2. The van der Waals surface area contributed by atoms with Crippen molar-refractivity contribution in [3.05, 3.63) is 58.0 Å². The number of benzene rings is 1. The highest BCUT2D eigenvalue weighted by Crippen LogP contribution is 1.97. The van der Waals surface area contributed by atoms with E-state index >= 15 is 0 Å². The predicted molar refractivity (Wildman–Crippen MR) is 63.3 cm³/mol. The first kappa shape index (κ1) is 10.7. The normalized spacial score (nSPS) is 10.5. The summed E-state index contributed by atoms with van der Waals surface area (Å²) in [6.07, 6.45) is 0.825. The van der Waals surface area contributed by atoms with E-state index in [1.54, 1.807) is 6.07 Å². The van der Waals surface area contributed by atoms with Crippen molar-refractivity contribution < 1.29 is 0 Å². The zero-order chi connectivity index (χ0) is 11.2. The summed E-state index contributed by atoms with van der Waals surface area (Å²) < 4.78 is 0. The molecule has 0 radical (unpaired) electrons. The average molecular weight is 217 g/mol. The largest absolute Gasteiger partial charge is 0.312 e. The summed E-state index contributed by atoms with van der Waals surface area (Å²) in [6, 6.07) is 11.8. The van der Waals surface area contributed by atoms with E-state index in [-0.39, 0.29) is 5.56 Å². The van der Waals surface area contributed by atoms with E-state index in [2.05, 4.69) is 27.6 Å². The van der Waals surface area contributed by atoms with Gasteiger partial charge in [0.25, 0.3) is 5.56 Å². The standard InChI is InChI=1S/C12H15N3O/c16-12-8-11(14-15-12)6-7-13-9-10-4-2-1-3-5-10/h1-5,8,13H,6-7,9H2,(H2,14,15,16). The van der Waals surface area contributed by atoms with Crippen molar-refractivity contribution in [2.45, 2.75) is 13.0 Å². The highest BCUT2D eigenvalue weighted by molar-refractivity contribution is 5.14. The van der Waals surface area contributed by atoms with E-state index in [4.69, 9.17) is 0 Å².